The molecule has 13 heavy (non-hydrogen) atoms. The maximum Gasteiger partial charge on any atom is 0.0594 e. The van der Waals surface area contributed by atoms with Gasteiger partial charge in [-0.2, -0.15) is 0 Å². The van der Waals surface area contributed by atoms with Crippen molar-refractivity contribution in [1.82, 2.24) is 9.80 Å². The number of nitrogens with zero attached hydrogens (tertiary/aromatic N) is 2. The molecule has 78 valence electrons. The Morgan fingerprint density at radius 2 is 1.77 bits per heavy atom. The average molecular weight is 186 g/mol. The average Bonchev–Trinajstić information content (AvgIpc) is 2.21. The van der Waals surface area contributed by atoms with Gasteiger partial charge in [-0.3, -0.25) is 4.90 Å². The van der Waals surface area contributed by atoms with Gasteiger partial charge in [-0.05, 0) is 13.1 Å². The third kappa shape index (κ3) is 4.07. The van der Waals surface area contributed by atoms with Crippen molar-refractivity contribution in [2.75, 3.05) is 52.5 Å². The second kappa shape index (κ2) is 6.35. The van der Waals surface area contributed by atoms with Crippen molar-refractivity contribution in [2.24, 2.45) is 0 Å². The lowest BCUT2D eigenvalue weighted by atomic mass is 10.4. The number of hydrogen-bond acceptors (Lipinski definition) is 3. The Labute approximate surface area is 81.7 Å². The van der Waals surface area contributed by atoms with Crippen molar-refractivity contribution in [3.63, 3.8) is 0 Å². The van der Waals surface area contributed by atoms with E-state index in [0.717, 1.165) is 26.3 Å². The zero-order valence-electron chi connectivity index (χ0n) is 8.96. The summed E-state index contributed by atoms with van der Waals surface area (Å²) in [7, 11) is 0. The Morgan fingerprint density at radius 3 is 2.31 bits per heavy atom. The number of ether oxygens (including phenoxy) is 1. The van der Waals surface area contributed by atoms with Crippen LogP contribution in [0.5, 0.6) is 0 Å². The van der Waals surface area contributed by atoms with Crippen molar-refractivity contribution in [3.05, 3.63) is 0 Å². The molecule has 0 atom stereocenters. The summed E-state index contributed by atoms with van der Waals surface area (Å²) in [4.78, 5) is 4.96. The van der Waals surface area contributed by atoms with Crippen LogP contribution in [0.4, 0.5) is 0 Å². The molecule has 0 aliphatic carbocycles. The normalized spacial score (nSPS) is 19.6. The van der Waals surface area contributed by atoms with Crippen molar-refractivity contribution in [3.8, 4) is 0 Å². The highest BCUT2D eigenvalue weighted by molar-refractivity contribution is 4.64. The first-order valence-electron chi connectivity index (χ1n) is 5.39. The van der Waals surface area contributed by atoms with Crippen molar-refractivity contribution in [2.45, 2.75) is 13.8 Å². The van der Waals surface area contributed by atoms with Crippen LogP contribution in [0, 0.1) is 0 Å². The first kappa shape index (κ1) is 11.0. The monoisotopic (exact) mass is 186 g/mol. The van der Waals surface area contributed by atoms with E-state index in [-0.39, 0.29) is 0 Å². The van der Waals surface area contributed by atoms with Crippen LogP contribution in [0.3, 0.4) is 0 Å². The van der Waals surface area contributed by atoms with Gasteiger partial charge in [0.2, 0.25) is 0 Å². The predicted molar refractivity (Wildman–Crippen MR) is 55.0 cm³/mol. The summed E-state index contributed by atoms with van der Waals surface area (Å²) in [5.41, 5.74) is 0. The molecule has 0 amide bonds. The van der Waals surface area contributed by atoms with E-state index in [1.165, 1.54) is 26.2 Å². The van der Waals surface area contributed by atoms with Crippen LogP contribution in [-0.4, -0.2) is 62.3 Å². The van der Waals surface area contributed by atoms with Crippen molar-refractivity contribution in [1.29, 1.82) is 0 Å². The molecule has 0 aromatic carbocycles. The number of rotatable bonds is 5. The third-order valence-electron chi connectivity index (χ3n) is 2.73. The lowest BCUT2D eigenvalue weighted by Gasteiger charge is -2.29. The van der Waals surface area contributed by atoms with Gasteiger partial charge in [0, 0.05) is 26.2 Å². The van der Waals surface area contributed by atoms with Crippen LogP contribution in [-0.2, 0) is 4.74 Å². The zero-order chi connectivity index (χ0) is 9.52. The smallest absolute Gasteiger partial charge is 0.0594 e. The Hall–Kier alpha value is -0.120. The van der Waals surface area contributed by atoms with Crippen molar-refractivity contribution < 1.29 is 4.74 Å². The van der Waals surface area contributed by atoms with E-state index in [1.54, 1.807) is 0 Å². The van der Waals surface area contributed by atoms with Gasteiger partial charge in [0.1, 0.15) is 0 Å². The quantitative estimate of drug-likeness (QED) is 0.627. The van der Waals surface area contributed by atoms with E-state index < -0.39 is 0 Å². The maximum atomic E-state index is 5.30. The maximum absolute atomic E-state index is 5.30. The molecule has 0 N–H and O–H groups in total. The fraction of sp³-hybridized carbons (Fsp3) is 1.00. The van der Waals surface area contributed by atoms with Gasteiger partial charge < -0.3 is 9.64 Å². The lowest BCUT2D eigenvalue weighted by Crippen LogP contribution is -2.41. The van der Waals surface area contributed by atoms with Crippen molar-refractivity contribution >= 4 is 0 Å². The van der Waals surface area contributed by atoms with Gasteiger partial charge in [-0.1, -0.05) is 13.8 Å². The highest BCUT2D eigenvalue weighted by atomic mass is 16.5. The van der Waals surface area contributed by atoms with Gasteiger partial charge in [-0.15, -0.1) is 0 Å². The summed E-state index contributed by atoms with van der Waals surface area (Å²) < 4.78 is 5.30. The lowest BCUT2D eigenvalue weighted by molar-refractivity contribution is 0.0338. The number of likely N-dealkylation sites (N-methyl/N-ethyl adjacent to an activating group) is 1. The molecule has 0 aromatic rings. The summed E-state index contributed by atoms with van der Waals surface area (Å²) in [5.74, 6) is 0. The van der Waals surface area contributed by atoms with Crippen LogP contribution in [0.15, 0.2) is 0 Å². The SMILES string of the molecule is CCN(CC)CCN1CCOCC1. The first-order chi connectivity index (χ1) is 6.36. The second-order valence-electron chi connectivity index (χ2n) is 3.48. The van der Waals surface area contributed by atoms with Crippen LogP contribution in [0.1, 0.15) is 13.8 Å². The summed E-state index contributed by atoms with van der Waals surface area (Å²) in [6.45, 7) is 13.2. The Kier molecular flexibility index (Phi) is 5.35. The van der Waals surface area contributed by atoms with Gasteiger partial charge >= 0.3 is 0 Å². The van der Waals surface area contributed by atoms with E-state index in [0.29, 0.717) is 0 Å². The van der Waals surface area contributed by atoms with Crippen LogP contribution in [0.2, 0.25) is 0 Å². The topological polar surface area (TPSA) is 15.7 Å². The molecule has 0 bridgehead atoms. The van der Waals surface area contributed by atoms with E-state index in [1.807, 2.05) is 0 Å². The van der Waals surface area contributed by atoms with Crippen LogP contribution >= 0.6 is 0 Å². The first-order valence-corrected chi connectivity index (χ1v) is 5.39. The van der Waals surface area contributed by atoms with Gasteiger partial charge in [-0.25, -0.2) is 0 Å². The minimum absolute atomic E-state index is 0.915. The summed E-state index contributed by atoms with van der Waals surface area (Å²) >= 11 is 0. The molecule has 0 saturated carbocycles. The number of hydrogen-bond donors (Lipinski definition) is 0. The molecule has 3 nitrogen and oxygen atoms in total. The highest BCUT2D eigenvalue weighted by Crippen LogP contribution is 1.97. The second-order valence-corrected chi connectivity index (χ2v) is 3.48. The Bertz CT molecular complexity index is 120. The fourth-order valence-electron chi connectivity index (χ4n) is 1.65. The molecule has 3 heteroatoms. The third-order valence-corrected chi connectivity index (χ3v) is 2.73. The molecule has 1 heterocycles. The Balaban J connectivity index is 2.09. The molecular formula is C10H22N2O. The molecule has 1 rings (SSSR count). The van der Waals surface area contributed by atoms with Crippen LogP contribution in [0.25, 0.3) is 0 Å². The molecular weight excluding hydrogens is 164 g/mol. The van der Waals surface area contributed by atoms with Gasteiger partial charge in [0.15, 0.2) is 0 Å². The van der Waals surface area contributed by atoms with E-state index >= 15 is 0 Å². The Morgan fingerprint density at radius 1 is 1.15 bits per heavy atom. The summed E-state index contributed by atoms with van der Waals surface area (Å²) in [6.07, 6.45) is 0. The minimum atomic E-state index is 0.915. The van der Waals surface area contributed by atoms with E-state index in [4.69, 9.17) is 4.74 Å². The molecule has 1 aliphatic rings. The fourth-order valence-corrected chi connectivity index (χ4v) is 1.65. The van der Waals surface area contributed by atoms with Gasteiger partial charge in [0.25, 0.3) is 0 Å². The van der Waals surface area contributed by atoms with E-state index in [2.05, 4.69) is 23.6 Å². The summed E-state index contributed by atoms with van der Waals surface area (Å²) in [6, 6.07) is 0. The number of morpholine rings is 1. The molecule has 1 fully saturated rings. The minimum Gasteiger partial charge on any atom is -0.379 e. The van der Waals surface area contributed by atoms with E-state index in [9.17, 15) is 0 Å². The van der Waals surface area contributed by atoms with Crippen LogP contribution < -0.4 is 0 Å². The molecule has 0 spiro atoms. The molecule has 0 unspecified atom stereocenters. The zero-order valence-corrected chi connectivity index (χ0v) is 8.96. The largest absolute Gasteiger partial charge is 0.379 e. The molecule has 1 saturated heterocycles. The highest BCUT2D eigenvalue weighted by Gasteiger charge is 2.10. The van der Waals surface area contributed by atoms with Gasteiger partial charge in [0.05, 0.1) is 13.2 Å². The molecule has 0 aromatic heterocycles. The molecule has 0 radical (unpaired) electrons. The molecule has 1 aliphatic heterocycles. The predicted octanol–water partition coefficient (Wildman–Crippen LogP) is 0.660. The summed E-state index contributed by atoms with van der Waals surface area (Å²) in [5, 5.41) is 0. The standard InChI is InChI=1S/C10H22N2O/c1-3-11(4-2)5-6-12-7-9-13-10-8-12/h3-10H2,1-2H3.